The maximum absolute atomic E-state index is 5.07. The fourth-order valence-corrected chi connectivity index (χ4v) is 1.05. The molecule has 5 heteroatoms. The third-order valence-corrected chi connectivity index (χ3v) is 1.68. The minimum absolute atomic E-state index is 0. The van der Waals surface area contributed by atoms with Crippen LogP contribution >= 0.6 is 12.4 Å². The number of fused-ring (bicyclic) bond motifs is 1. The fraction of sp³-hybridized carbons (Fsp3) is 0. The van der Waals surface area contributed by atoms with Crippen molar-refractivity contribution in [2.45, 2.75) is 0 Å². The van der Waals surface area contributed by atoms with Crippen LogP contribution in [0.25, 0.3) is 6.08 Å². The van der Waals surface area contributed by atoms with E-state index in [1.54, 1.807) is 6.08 Å². The largest absolute Gasteiger partial charge is 0.388 e. The molecule has 1 aromatic rings. The Hall–Kier alpha value is -1.52. The molecule has 0 saturated heterocycles. The number of hydrogen-bond donors (Lipinski definition) is 1. The molecule has 2 N–H and O–H groups in total. The summed E-state index contributed by atoms with van der Waals surface area (Å²) in [6, 6.07) is 7.53. The summed E-state index contributed by atoms with van der Waals surface area (Å²) in [5.74, 6) is 5.88. The van der Waals surface area contributed by atoms with Crippen LogP contribution in [0.5, 0.6) is 5.75 Å². The summed E-state index contributed by atoms with van der Waals surface area (Å²) < 4.78 is 0. The van der Waals surface area contributed by atoms with Gasteiger partial charge in [-0.05, 0) is 17.3 Å². The van der Waals surface area contributed by atoms with Crippen molar-refractivity contribution >= 4 is 24.4 Å². The first-order valence-electron chi connectivity index (χ1n) is 3.79. The summed E-state index contributed by atoms with van der Waals surface area (Å²) in [4.78, 5) is 9.51. The van der Waals surface area contributed by atoms with E-state index in [2.05, 4.69) is 9.99 Å². The molecule has 0 radical (unpaired) electrons. The first kappa shape index (κ1) is 10.6. The van der Waals surface area contributed by atoms with E-state index in [4.69, 9.17) is 10.7 Å². The highest BCUT2D eigenvalue weighted by atomic mass is 35.5. The molecule has 1 aliphatic rings. The summed E-state index contributed by atoms with van der Waals surface area (Å²) in [6.07, 6.45) is 3.47. The number of nitrogens with zero attached hydrogens (tertiary/aromatic N) is 1. The van der Waals surface area contributed by atoms with Crippen molar-refractivity contribution in [2.24, 2.45) is 11.1 Å². The maximum Gasteiger partial charge on any atom is 0.273 e. The maximum atomic E-state index is 5.07. The predicted octanol–water partition coefficient (Wildman–Crippen LogP) is 1.72. The minimum atomic E-state index is 0. The third kappa shape index (κ3) is 2.04. The summed E-state index contributed by atoms with van der Waals surface area (Å²) in [6.45, 7) is 0. The lowest BCUT2D eigenvalue weighted by Crippen LogP contribution is -2.07. The zero-order chi connectivity index (χ0) is 9.10. The van der Waals surface area contributed by atoms with Gasteiger partial charge in [0.25, 0.3) is 5.90 Å². The normalized spacial score (nSPS) is 12.8. The lowest BCUT2D eigenvalue weighted by molar-refractivity contribution is 0.277. The van der Waals surface area contributed by atoms with Crippen LogP contribution in [0, 0.1) is 0 Å². The number of benzene rings is 1. The van der Waals surface area contributed by atoms with Crippen molar-refractivity contribution < 1.29 is 9.68 Å². The topological polar surface area (TPSA) is 56.8 Å². The number of hydrogen-bond acceptors (Lipinski definition) is 4. The number of rotatable bonds is 0. The van der Waals surface area contributed by atoms with Gasteiger partial charge in [-0.3, -0.25) is 0 Å². The van der Waals surface area contributed by atoms with E-state index < -0.39 is 0 Å². The Balaban J connectivity index is 0.000000980. The number of halogens is 1. The lowest BCUT2D eigenvalue weighted by atomic mass is 10.2. The third-order valence-electron chi connectivity index (χ3n) is 1.68. The SMILES string of the molecule is Cl.NOC1=NOc2ccccc2C=C1. The quantitative estimate of drug-likeness (QED) is 0.667. The molecule has 4 nitrogen and oxygen atoms in total. The second-order valence-corrected chi connectivity index (χ2v) is 2.51. The summed E-state index contributed by atoms with van der Waals surface area (Å²) in [5, 5.41) is 3.67. The van der Waals surface area contributed by atoms with Gasteiger partial charge >= 0.3 is 0 Å². The number of oxime groups is 1. The molecule has 0 aromatic heterocycles. The van der Waals surface area contributed by atoms with Gasteiger partial charge in [0.15, 0.2) is 5.75 Å². The van der Waals surface area contributed by atoms with Gasteiger partial charge in [-0.2, -0.15) is 5.90 Å². The minimum Gasteiger partial charge on any atom is -0.388 e. The van der Waals surface area contributed by atoms with E-state index in [1.807, 2.05) is 30.3 Å². The van der Waals surface area contributed by atoms with E-state index in [-0.39, 0.29) is 18.3 Å². The van der Waals surface area contributed by atoms with Crippen LogP contribution in [-0.4, -0.2) is 5.90 Å². The van der Waals surface area contributed by atoms with E-state index in [9.17, 15) is 0 Å². The van der Waals surface area contributed by atoms with Gasteiger partial charge in [0.2, 0.25) is 0 Å². The van der Waals surface area contributed by atoms with Gasteiger partial charge in [0.05, 0.1) is 0 Å². The van der Waals surface area contributed by atoms with E-state index in [0.717, 1.165) is 5.56 Å². The molecule has 2 rings (SSSR count). The number of nitrogens with two attached hydrogens (primary N) is 1. The van der Waals surface area contributed by atoms with Crippen molar-refractivity contribution in [3.05, 3.63) is 35.9 Å². The summed E-state index contributed by atoms with van der Waals surface area (Å²) in [7, 11) is 0. The van der Waals surface area contributed by atoms with Crippen molar-refractivity contribution in [1.29, 1.82) is 0 Å². The fourth-order valence-electron chi connectivity index (χ4n) is 1.05. The summed E-state index contributed by atoms with van der Waals surface area (Å²) >= 11 is 0. The molecular weight excluding hydrogens is 204 g/mol. The Labute approximate surface area is 87.4 Å². The predicted molar refractivity (Wildman–Crippen MR) is 56.1 cm³/mol. The van der Waals surface area contributed by atoms with Gasteiger partial charge in [-0.15, -0.1) is 12.4 Å². The van der Waals surface area contributed by atoms with Crippen LogP contribution in [0.3, 0.4) is 0 Å². The Bertz CT molecular complexity index is 377. The van der Waals surface area contributed by atoms with Crippen molar-refractivity contribution in [3.8, 4) is 5.75 Å². The molecule has 0 fully saturated rings. The van der Waals surface area contributed by atoms with Gasteiger partial charge in [0.1, 0.15) is 0 Å². The zero-order valence-corrected chi connectivity index (χ0v) is 8.03. The van der Waals surface area contributed by atoms with E-state index in [1.165, 1.54) is 0 Å². The van der Waals surface area contributed by atoms with Crippen LogP contribution in [0.15, 0.2) is 35.5 Å². The molecule has 1 heterocycles. The van der Waals surface area contributed by atoms with Crippen molar-refractivity contribution in [1.82, 2.24) is 0 Å². The molecule has 0 aliphatic carbocycles. The van der Waals surface area contributed by atoms with Crippen LogP contribution in [-0.2, 0) is 4.84 Å². The van der Waals surface area contributed by atoms with Crippen molar-refractivity contribution in [3.63, 3.8) is 0 Å². The molecule has 0 unspecified atom stereocenters. The molecule has 0 spiro atoms. The van der Waals surface area contributed by atoms with Gasteiger partial charge in [0, 0.05) is 11.6 Å². The molecule has 0 atom stereocenters. The molecule has 74 valence electrons. The second kappa shape index (κ2) is 4.64. The molecule has 1 aliphatic heterocycles. The zero-order valence-electron chi connectivity index (χ0n) is 7.21. The highest BCUT2D eigenvalue weighted by Gasteiger charge is 2.05. The monoisotopic (exact) mass is 212 g/mol. The highest BCUT2D eigenvalue weighted by molar-refractivity contribution is 5.92. The smallest absolute Gasteiger partial charge is 0.273 e. The standard InChI is InChI=1S/C9H8N2O2.ClH/c10-12-9-6-5-7-3-1-2-4-8(7)13-11-9;/h1-6H,10H2;1H. The first-order valence-corrected chi connectivity index (χ1v) is 3.79. The Morgan fingerprint density at radius 3 is 2.79 bits per heavy atom. The number of para-hydroxylation sites is 1. The molecule has 0 amide bonds. The molecule has 1 aromatic carbocycles. The van der Waals surface area contributed by atoms with Gasteiger partial charge in [-0.25, -0.2) is 0 Å². The highest BCUT2D eigenvalue weighted by Crippen LogP contribution is 2.21. The van der Waals surface area contributed by atoms with E-state index >= 15 is 0 Å². The average molecular weight is 213 g/mol. The molecule has 14 heavy (non-hydrogen) atoms. The van der Waals surface area contributed by atoms with Crippen LogP contribution in [0.4, 0.5) is 0 Å². The van der Waals surface area contributed by atoms with Gasteiger partial charge in [-0.1, -0.05) is 18.2 Å². The molecular formula is C9H9ClN2O2. The molecule has 0 bridgehead atoms. The van der Waals surface area contributed by atoms with Gasteiger partial charge < -0.3 is 9.68 Å². The average Bonchev–Trinajstić information content (AvgIpc) is 2.39. The first-order chi connectivity index (χ1) is 6.40. The van der Waals surface area contributed by atoms with Crippen LogP contribution in [0.2, 0.25) is 0 Å². The Morgan fingerprint density at radius 2 is 2.00 bits per heavy atom. The van der Waals surface area contributed by atoms with Crippen molar-refractivity contribution in [2.75, 3.05) is 0 Å². The Morgan fingerprint density at radius 1 is 1.21 bits per heavy atom. The molecule has 0 saturated carbocycles. The van der Waals surface area contributed by atoms with Crippen LogP contribution < -0.4 is 10.7 Å². The van der Waals surface area contributed by atoms with Crippen LogP contribution in [0.1, 0.15) is 5.56 Å². The second-order valence-electron chi connectivity index (χ2n) is 2.51. The summed E-state index contributed by atoms with van der Waals surface area (Å²) in [5.41, 5.74) is 0.943. The Kier molecular flexibility index (Phi) is 3.50. The lowest BCUT2D eigenvalue weighted by Gasteiger charge is -1.99. The van der Waals surface area contributed by atoms with E-state index in [0.29, 0.717) is 5.75 Å².